The number of ketones is 1. The number of thioether (sulfide) groups is 1. The van der Waals surface area contributed by atoms with E-state index in [1.54, 1.807) is 17.0 Å². The lowest BCUT2D eigenvalue weighted by molar-refractivity contribution is -0.118. The SMILES string of the molecule is CC(=O)NCCc1ccc(C(=O)C(C)Sc2nnnn2Cc2ccco2)cc1. The number of aromatic nitrogens is 4. The summed E-state index contributed by atoms with van der Waals surface area (Å²) < 4.78 is 6.93. The number of Topliss-reactive ketones (excluding diaryl/α,β-unsaturated/α-hetero) is 1. The Hall–Kier alpha value is -2.94. The second-order valence-corrected chi connectivity index (χ2v) is 7.56. The molecule has 0 saturated carbocycles. The number of rotatable bonds is 9. The van der Waals surface area contributed by atoms with Gasteiger partial charge in [-0.15, -0.1) is 5.10 Å². The number of nitrogens with one attached hydrogen (secondary N) is 1. The highest BCUT2D eigenvalue weighted by Crippen LogP contribution is 2.24. The Morgan fingerprint density at radius 1 is 1.25 bits per heavy atom. The molecule has 1 amide bonds. The van der Waals surface area contributed by atoms with Crippen LogP contribution in [0, 0.1) is 0 Å². The third kappa shape index (κ3) is 5.29. The number of tetrazole rings is 1. The average molecular weight is 399 g/mol. The smallest absolute Gasteiger partial charge is 0.216 e. The van der Waals surface area contributed by atoms with Gasteiger partial charge >= 0.3 is 0 Å². The van der Waals surface area contributed by atoms with Crippen LogP contribution in [0.5, 0.6) is 0 Å². The Morgan fingerprint density at radius 2 is 2.04 bits per heavy atom. The summed E-state index contributed by atoms with van der Waals surface area (Å²) in [6.07, 6.45) is 2.32. The molecule has 28 heavy (non-hydrogen) atoms. The van der Waals surface area contributed by atoms with E-state index in [-0.39, 0.29) is 16.9 Å². The molecular weight excluding hydrogens is 378 g/mol. The van der Waals surface area contributed by atoms with Crippen molar-refractivity contribution in [2.45, 2.75) is 37.2 Å². The van der Waals surface area contributed by atoms with Crippen LogP contribution in [0.25, 0.3) is 0 Å². The highest BCUT2D eigenvalue weighted by atomic mass is 32.2. The van der Waals surface area contributed by atoms with Crippen molar-refractivity contribution in [3.63, 3.8) is 0 Å². The topological polar surface area (TPSA) is 103 Å². The summed E-state index contributed by atoms with van der Waals surface area (Å²) in [7, 11) is 0. The minimum absolute atomic E-state index is 0.00552. The molecule has 9 heteroatoms. The predicted octanol–water partition coefficient (Wildman–Crippen LogP) is 2.36. The molecule has 0 spiro atoms. The molecular formula is C19H21N5O3S. The number of furan rings is 1. The molecule has 0 aliphatic carbocycles. The molecule has 0 saturated heterocycles. The van der Waals surface area contributed by atoms with Gasteiger partial charge in [-0.1, -0.05) is 36.0 Å². The van der Waals surface area contributed by atoms with E-state index in [1.165, 1.54) is 18.7 Å². The lowest BCUT2D eigenvalue weighted by Crippen LogP contribution is -2.22. The first-order chi connectivity index (χ1) is 13.5. The van der Waals surface area contributed by atoms with E-state index in [2.05, 4.69) is 20.8 Å². The van der Waals surface area contributed by atoms with Crippen molar-refractivity contribution in [1.82, 2.24) is 25.5 Å². The Kier molecular flexibility index (Phi) is 6.59. The summed E-state index contributed by atoms with van der Waals surface area (Å²) in [5.74, 6) is 0.695. The van der Waals surface area contributed by atoms with E-state index in [4.69, 9.17) is 4.42 Å². The zero-order valence-electron chi connectivity index (χ0n) is 15.7. The average Bonchev–Trinajstić information content (AvgIpc) is 3.34. The van der Waals surface area contributed by atoms with Gasteiger partial charge in [0.25, 0.3) is 0 Å². The van der Waals surface area contributed by atoms with Crippen molar-refractivity contribution >= 4 is 23.5 Å². The zero-order valence-corrected chi connectivity index (χ0v) is 16.5. The number of amides is 1. The standard InChI is InChI=1S/C19H21N5O3S/c1-13(28-19-21-22-23-24(19)12-17-4-3-11-27-17)18(26)16-7-5-15(6-8-16)9-10-20-14(2)25/h3-8,11,13H,9-10,12H2,1-2H3,(H,20,25). The second kappa shape index (κ2) is 9.32. The van der Waals surface area contributed by atoms with Crippen molar-refractivity contribution < 1.29 is 14.0 Å². The fourth-order valence-electron chi connectivity index (χ4n) is 2.60. The van der Waals surface area contributed by atoms with E-state index in [0.717, 1.165) is 17.7 Å². The number of nitrogens with zero attached hydrogens (tertiary/aromatic N) is 4. The Morgan fingerprint density at radius 3 is 2.71 bits per heavy atom. The van der Waals surface area contributed by atoms with Crippen molar-refractivity contribution in [2.24, 2.45) is 0 Å². The molecule has 1 unspecified atom stereocenters. The van der Waals surface area contributed by atoms with Crippen molar-refractivity contribution in [3.05, 3.63) is 59.5 Å². The first-order valence-electron chi connectivity index (χ1n) is 8.85. The number of carbonyl (C=O) groups excluding carboxylic acids is 2. The van der Waals surface area contributed by atoms with Crippen molar-refractivity contribution in [3.8, 4) is 0 Å². The van der Waals surface area contributed by atoms with Gasteiger partial charge in [-0.2, -0.15) is 0 Å². The fourth-order valence-corrected chi connectivity index (χ4v) is 3.46. The molecule has 2 aromatic heterocycles. The van der Waals surface area contributed by atoms with Crippen LogP contribution in [-0.4, -0.2) is 43.7 Å². The minimum atomic E-state index is -0.341. The van der Waals surface area contributed by atoms with E-state index >= 15 is 0 Å². The molecule has 146 valence electrons. The van der Waals surface area contributed by atoms with Gasteiger partial charge in [0.1, 0.15) is 12.3 Å². The van der Waals surface area contributed by atoms with Gasteiger partial charge < -0.3 is 9.73 Å². The third-order valence-corrected chi connectivity index (χ3v) is 5.13. The molecule has 0 aliphatic rings. The van der Waals surface area contributed by atoms with Gasteiger partial charge in [0.15, 0.2) is 5.78 Å². The third-order valence-electron chi connectivity index (χ3n) is 4.06. The summed E-state index contributed by atoms with van der Waals surface area (Å²) in [5.41, 5.74) is 1.70. The molecule has 0 bridgehead atoms. The van der Waals surface area contributed by atoms with Gasteiger partial charge in [-0.3, -0.25) is 9.59 Å². The number of carbonyl (C=O) groups is 2. The van der Waals surface area contributed by atoms with Gasteiger partial charge in [-0.05, 0) is 41.5 Å². The van der Waals surface area contributed by atoms with Crippen molar-refractivity contribution in [1.29, 1.82) is 0 Å². The first kappa shape index (κ1) is 19.8. The van der Waals surface area contributed by atoms with E-state index in [1.807, 2.05) is 37.3 Å². The quantitative estimate of drug-likeness (QED) is 0.435. The van der Waals surface area contributed by atoms with Crippen LogP contribution in [0.3, 0.4) is 0 Å². The van der Waals surface area contributed by atoms with Crippen LogP contribution in [0.4, 0.5) is 0 Å². The lowest BCUT2D eigenvalue weighted by Gasteiger charge is -2.10. The summed E-state index contributed by atoms with van der Waals surface area (Å²) in [5, 5.41) is 14.6. The Bertz CT molecular complexity index is 921. The summed E-state index contributed by atoms with van der Waals surface area (Å²) in [6.45, 7) is 4.31. The highest BCUT2D eigenvalue weighted by molar-refractivity contribution is 8.00. The summed E-state index contributed by atoms with van der Waals surface area (Å²) >= 11 is 1.31. The maximum absolute atomic E-state index is 12.7. The molecule has 0 aliphatic heterocycles. The lowest BCUT2D eigenvalue weighted by atomic mass is 10.0. The molecule has 0 fully saturated rings. The number of hydrogen-bond donors (Lipinski definition) is 1. The maximum Gasteiger partial charge on any atom is 0.216 e. The van der Waals surface area contributed by atoms with Crippen LogP contribution in [0.2, 0.25) is 0 Å². The predicted molar refractivity (Wildman–Crippen MR) is 104 cm³/mol. The molecule has 3 rings (SSSR count). The zero-order chi connectivity index (χ0) is 19.9. The second-order valence-electron chi connectivity index (χ2n) is 6.25. The van der Waals surface area contributed by atoms with Crippen LogP contribution < -0.4 is 5.32 Å². The van der Waals surface area contributed by atoms with E-state index in [0.29, 0.717) is 23.8 Å². The molecule has 0 radical (unpaired) electrons. The number of hydrogen-bond acceptors (Lipinski definition) is 7. The summed E-state index contributed by atoms with van der Waals surface area (Å²) in [4.78, 5) is 23.7. The van der Waals surface area contributed by atoms with Gasteiger partial charge in [-0.25, -0.2) is 4.68 Å². The van der Waals surface area contributed by atoms with Gasteiger partial charge in [0.05, 0.1) is 11.5 Å². The normalized spacial score (nSPS) is 11.9. The summed E-state index contributed by atoms with van der Waals surface area (Å²) in [6, 6.07) is 11.1. The highest BCUT2D eigenvalue weighted by Gasteiger charge is 2.20. The Labute approximate surface area is 166 Å². The van der Waals surface area contributed by atoms with E-state index < -0.39 is 0 Å². The molecule has 1 aromatic carbocycles. The Balaban J connectivity index is 1.59. The fraction of sp³-hybridized carbons (Fsp3) is 0.316. The van der Waals surface area contributed by atoms with Crippen molar-refractivity contribution in [2.75, 3.05) is 6.54 Å². The van der Waals surface area contributed by atoms with Crippen LogP contribution in [0.1, 0.15) is 35.5 Å². The molecule has 2 heterocycles. The molecule has 1 N–H and O–H groups in total. The molecule has 1 atom stereocenters. The number of benzene rings is 1. The van der Waals surface area contributed by atoms with Crippen LogP contribution in [0.15, 0.2) is 52.2 Å². The van der Waals surface area contributed by atoms with E-state index in [9.17, 15) is 9.59 Å². The minimum Gasteiger partial charge on any atom is -0.467 e. The maximum atomic E-state index is 12.7. The largest absolute Gasteiger partial charge is 0.467 e. The molecule has 8 nitrogen and oxygen atoms in total. The van der Waals surface area contributed by atoms with Gasteiger partial charge in [0, 0.05) is 19.0 Å². The first-order valence-corrected chi connectivity index (χ1v) is 9.73. The molecule has 3 aromatic rings. The van der Waals surface area contributed by atoms with Crippen LogP contribution >= 0.6 is 11.8 Å². The van der Waals surface area contributed by atoms with Gasteiger partial charge in [0.2, 0.25) is 11.1 Å². The van der Waals surface area contributed by atoms with Crippen LogP contribution in [-0.2, 0) is 17.8 Å². The monoisotopic (exact) mass is 399 g/mol.